The SMILES string of the molecule is Clc1cc(CNc2cc(Cl)ccc2-n2cccn2)c2c(c1)COCO2. The molecular weight excluding hydrogens is 361 g/mol. The lowest BCUT2D eigenvalue weighted by Crippen LogP contribution is -2.14. The number of halogens is 2. The van der Waals surface area contributed by atoms with Crippen molar-refractivity contribution >= 4 is 28.9 Å². The number of hydrogen-bond acceptors (Lipinski definition) is 4. The van der Waals surface area contributed by atoms with Crippen LogP contribution in [0.5, 0.6) is 5.75 Å². The van der Waals surface area contributed by atoms with E-state index in [1.54, 1.807) is 10.9 Å². The summed E-state index contributed by atoms with van der Waals surface area (Å²) in [5.74, 6) is 0.825. The Balaban J connectivity index is 1.64. The molecular formula is C18H15Cl2N3O2. The Morgan fingerprint density at radius 2 is 2.08 bits per heavy atom. The molecule has 0 spiro atoms. The first kappa shape index (κ1) is 16.3. The Bertz CT molecular complexity index is 898. The van der Waals surface area contributed by atoms with Crippen molar-refractivity contribution in [2.24, 2.45) is 0 Å². The maximum absolute atomic E-state index is 6.23. The van der Waals surface area contributed by atoms with Gasteiger partial charge in [0.25, 0.3) is 0 Å². The van der Waals surface area contributed by atoms with Crippen LogP contribution in [0.1, 0.15) is 11.1 Å². The standard InChI is InChI=1S/C18H15Cl2N3O2/c19-14-2-3-17(23-5-1-4-22-23)16(8-14)21-9-12-6-15(20)7-13-10-24-11-25-18(12)13/h1-8,21H,9-11H2. The molecule has 1 aliphatic heterocycles. The van der Waals surface area contributed by atoms with Crippen molar-refractivity contribution in [2.45, 2.75) is 13.2 Å². The zero-order valence-electron chi connectivity index (χ0n) is 13.2. The van der Waals surface area contributed by atoms with E-state index in [2.05, 4.69) is 10.4 Å². The maximum atomic E-state index is 6.23. The molecule has 5 nitrogen and oxygen atoms in total. The van der Waals surface area contributed by atoms with Crippen molar-refractivity contribution in [2.75, 3.05) is 12.1 Å². The summed E-state index contributed by atoms with van der Waals surface area (Å²) in [5, 5.41) is 9.00. The summed E-state index contributed by atoms with van der Waals surface area (Å²) in [7, 11) is 0. The van der Waals surface area contributed by atoms with Gasteiger partial charge in [-0.15, -0.1) is 0 Å². The molecule has 1 aliphatic rings. The lowest BCUT2D eigenvalue weighted by molar-refractivity contribution is -0.0169. The first-order valence-electron chi connectivity index (χ1n) is 7.76. The van der Waals surface area contributed by atoms with Gasteiger partial charge in [-0.1, -0.05) is 23.2 Å². The number of rotatable bonds is 4. The molecule has 0 unspecified atom stereocenters. The van der Waals surface area contributed by atoms with Crippen molar-refractivity contribution in [1.29, 1.82) is 0 Å². The molecule has 0 atom stereocenters. The number of anilines is 1. The molecule has 0 radical (unpaired) electrons. The molecule has 0 saturated heterocycles. The van der Waals surface area contributed by atoms with Crippen LogP contribution >= 0.6 is 23.2 Å². The second-order valence-corrected chi connectivity index (χ2v) is 6.50. The van der Waals surface area contributed by atoms with Crippen LogP contribution < -0.4 is 10.1 Å². The highest BCUT2D eigenvalue weighted by Gasteiger charge is 2.17. The quantitative estimate of drug-likeness (QED) is 0.720. The van der Waals surface area contributed by atoms with Crippen LogP contribution in [0.3, 0.4) is 0 Å². The first-order chi connectivity index (χ1) is 12.2. The molecule has 0 fully saturated rings. The third-order valence-electron chi connectivity index (χ3n) is 3.93. The number of aromatic nitrogens is 2. The van der Waals surface area contributed by atoms with E-state index in [4.69, 9.17) is 32.7 Å². The number of nitrogens with zero attached hydrogens (tertiary/aromatic N) is 2. The molecule has 2 heterocycles. The molecule has 0 saturated carbocycles. The number of fused-ring (bicyclic) bond motifs is 1. The number of hydrogen-bond donors (Lipinski definition) is 1. The number of nitrogens with one attached hydrogen (secondary N) is 1. The average Bonchev–Trinajstić information content (AvgIpc) is 3.14. The van der Waals surface area contributed by atoms with Gasteiger partial charge in [0.1, 0.15) is 5.75 Å². The number of benzene rings is 2. The Hall–Kier alpha value is -2.21. The third-order valence-corrected chi connectivity index (χ3v) is 4.38. The van der Waals surface area contributed by atoms with Crippen molar-refractivity contribution < 1.29 is 9.47 Å². The average molecular weight is 376 g/mol. The maximum Gasteiger partial charge on any atom is 0.189 e. The van der Waals surface area contributed by atoms with Crippen LogP contribution in [-0.2, 0) is 17.9 Å². The molecule has 3 aromatic rings. The lowest BCUT2D eigenvalue weighted by Gasteiger charge is -2.22. The first-order valence-corrected chi connectivity index (χ1v) is 8.51. The third kappa shape index (κ3) is 3.44. The van der Waals surface area contributed by atoms with Crippen LogP contribution in [-0.4, -0.2) is 16.6 Å². The van der Waals surface area contributed by atoms with E-state index in [-0.39, 0.29) is 6.79 Å². The van der Waals surface area contributed by atoms with Crippen molar-refractivity contribution in [1.82, 2.24) is 9.78 Å². The Morgan fingerprint density at radius 3 is 2.92 bits per heavy atom. The topological polar surface area (TPSA) is 48.3 Å². The summed E-state index contributed by atoms with van der Waals surface area (Å²) in [6.07, 6.45) is 3.62. The molecule has 0 aliphatic carbocycles. The van der Waals surface area contributed by atoms with Crippen LogP contribution in [0.25, 0.3) is 5.69 Å². The monoisotopic (exact) mass is 375 g/mol. The van der Waals surface area contributed by atoms with Gasteiger partial charge in [-0.25, -0.2) is 4.68 Å². The highest BCUT2D eigenvalue weighted by molar-refractivity contribution is 6.31. The molecule has 1 aromatic heterocycles. The van der Waals surface area contributed by atoms with Gasteiger partial charge in [0.05, 0.1) is 18.0 Å². The smallest absolute Gasteiger partial charge is 0.189 e. The largest absolute Gasteiger partial charge is 0.467 e. The summed E-state index contributed by atoms with van der Waals surface area (Å²) in [6, 6.07) is 11.3. The minimum Gasteiger partial charge on any atom is -0.467 e. The summed E-state index contributed by atoms with van der Waals surface area (Å²) in [5.41, 5.74) is 3.71. The fraction of sp³-hybridized carbons (Fsp3) is 0.167. The van der Waals surface area contributed by atoms with E-state index >= 15 is 0 Å². The zero-order valence-corrected chi connectivity index (χ0v) is 14.7. The molecule has 128 valence electrons. The molecule has 4 rings (SSSR count). The van der Waals surface area contributed by atoms with Gasteiger partial charge in [0.15, 0.2) is 6.79 Å². The number of ether oxygens (including phenoxy) is 2. The van der Waals surface area contributed by atoms with Gasteiger partial charge >= 0.3 is 0 Å². The predicted molar refractivity (Wildman–Crippen MR) is 97.6 cm³/mol. The highest BCUT2D eigenvalue weighted by atomic mass is 35.5. The molecule has 25 heavy (non-hydrogen) atoms. The van der Waals surface area contributed by atoms with Crippen LogP contribution in [0.4, 0.5) is 5.69 Å². The van der Waals surface area contributed by atoms with E-state index in [9.17, 15) is 0 Å². The van der Waals surface area contributed by atoms with E-state index in [1.807, 2.05) is 42.6 Å². The predicted octanol–water partition coefficient (Wildman–Crippen LogP) is 4.66. The zero-order chi connectivity index (χ0) is 17.2. The second-order valence-electron chi connectivity index (χ2n) is 5.63. The van der Waals surface area contributed by atoms with Gasteiger partial charge in [0.2, 0.25) is 0 Å². The van der Waals surface area contributed by atoms with Crippen LogP contribution in [0.15, 0.2) is 48.8 Å². The van der Waals surface area contributed by atoms with Gasteiger partial charge < -0.3 is 14.8 Å². The fourth-order valence-electron chi connectivity index (χ4n) is 2.84. The van der Waals surface area contributed by atoms with Gasteiger partial charge in [-0.2, -0.15) is 5.10 Å². The normalized spacial score (nSPS) is 13.2. The van der Waals surface area contributed by atoms with Gasteiger partial charge in [-0.05, 0) is 36.4 Å². The van der Waals surface area contributed by atoms with Crippen LogP contribution in [0, 0.1) is 0 Å². The fourth-order valence-corrected chi connectivity index (χ4v) is 3.27. The summed E-state index contributed by atoms with van der Waals surface area (Å²) in [4.78, 5) is 0. The van der Waals surface area contributed by atoms with E-state index in [1.165, 1.54) is 0 Å². The highest BCUT2D eigenvalue weighted by Crippen LogP contribution is 2.33. The van der Waals surface area contributed by atoms with Crippen molar-refractivity contribution in [3.05, 3.63) is 70.0 Å². The molecule has 0 amide bonds. The van der Waals surface area contributed by atoms with Crippen molar-refractivity contribution in [3.63, 3.8) is 0 Å². The Morgan fingerprint density at radius 1 is 1.16 bits per heavy atom. The van der Waals surface area contributed by atoms with E-state index in [0.717, 1.165) is 28.3 Å². The molecule has 7 heteroatoms. The van der Waals surface area contributed by atoms with Gasteiger partial charge in [0, 0.05) is 40.1 Å². The second kappa shape index (κ2) is 6.96. The Kier molecular flexibility index (Phi) is 4.53. The molecule has 0 bridgehead atoms. The van der Waals surface area contributed by atoms with Gasteiger partial charge in [-0.3, -0.25) is 0 Å². The summed E-state index contributed by atoms with van der Waals surface area (Å²) >= 11 is 12.4. The minimum absolute atomic E-state index is 0.247. The summed E-state index contributed by atoms with van der Waals surface area (Å²) in [6.45, 7) is 1.29. The van der Waals surface area contributed by atoms with E-state index in [0.29, 0.717) is 23.2 Å². The van der Waals surface area contributed by atoms with Crippen LogP contribution in [0.2, 0.25) is 10.0 Å². The molecule has 2 aromatic carbocycles. The lowest BCUT2D eigenvalue weighted by atomic mass is 10.1. The molecule has 1 N–H and O–H groups in total. The minimum atomic E-state index is 0.247. The Labute approximate surface area is 155 Å². The van der Waals surface area contributed by atoms with Crippen molar-refractivity contribution in [3.8, 4) is 11.4 Å². The summed E-state index contributed by atoms with van der Waals surface area (Å²) < 4.78 is 12.8. The van der Waals surface area contributed by atoms with E-state index < -0.39 is 0 Å².